The molecule has 7 nitrogen and oxygen atoms in total. The largest absolute Gasteiger partial charge is 0.465 e. The van der Waals surface area contributed by atoms with Crippen LogP contribution >= 0.6 is 18.7 Å². The molecule has 2 aliphatic rings. The second kappa shape index (κ2) is 12.9. The number of thiophene rings is 1. The third-order valence-corrected chi connectivity index (χ3v) is 12.0. The predicted molar refractivity (Wildman–Crippen MR) is 158 cm³/mol. The van der Waals surface area contributed by atoms with Gasteiger partial charge in [0.15, 0.2) is 0 Å². The Morgan fingerprint density at radius 1 is 1.13 bits per heavy atom. The second-order valence-electron chi connectivity index (χ2n) is 12.1. The van der Waals surface area contributed by atoms with Gasteiger partial charge in [0.05, 0.1) is 24.3 Å². The third-order valence-electron chi connectivity index (χ3n) is 8.10. The molecule has 0 spiro atoms. The second-order valence-corrected chi connectivity index (χ2v) is 15.9. The minimum atomic E-state index is -3.05. The Morgan fingerprint density at radius 2 is 1.74 bits per heavy atom. The summed E-state index contributed by atoms with van der Waals surface area (Å²) in [5.74, 6) is 6.56. The van der Waals surface area contributed by atoms with Gasteiger partial charge in [-0.1, -0.05) is 18.8 Å². The fourth-order valence-corrected chi connectivity index (χ4v) is 8.81. The minimum absolute atomic E-state index is 0.0552. The molecule has 9 heteroatoms. The summed E-state index contributed by atoms with van der Waals surface area (Å²) in [6.07, 6.45) is 5.90. The van der Waals surface area contributed by atoms with Crippen LogP contribution < -0.4 is 4.90 Å². The quantitative estimate of drug-likeness (QED) is 0.182. The van der Waals surface area contributed by atoms with Crippen molar-refractivity contribution < 1.29 is 28.2 Å². The summed E-state index contributed by atoms with van der Waals surface area (Å²) >= 11 is 1.27. The molecule has 1 heterocycles. The number of methoxy groups -OCH3 is 2. The van der Waals surface area contributed by atoms with Crippen molar-refractivity contribution in [1.82, 2.24) is 0 Å². The molecule has 0 saturated heterocycles. The molecule has 2 fully saturated rings. The number of anilines is 1. The Hall–Kier alpha value is -1.65. The highest BCUT2D eigenvalue weighted by molar-refractivity contribution is 7.59. The number of hydrogen-bond donors (Lipinski definition) is 0. The van der Waals surface area contributed by atoms with Gasteiger partial charge >= 0.3 is 5.97 Å². The number of amides is 1. The van der Waals surface area contributed by atoms with Gasteiger partial charge in [-0.15, -0.1) is 11.3 Å². The normalized spacial score (nSPS) is 27.1. The van der Waals surface area contributed by atoms with Gasteiger partial charge < -0.3 is 18.9 Å². The van der Waals surface area contributed by atoms with E-state index in [4.69, 9.17) is 14.0 Å². The van der Waals surface area contributed by atoms with Crippen LogP contribution in [0.1, 0.15) is 101 Å². The molecule has 218 valence electrons. The van der Waals surface area contributed by atoms with Gasteiger partial charge in [0.2, 0.25) is 13.3 Å². The summed E-state index contributed by atoms with van der Waals surface area (Å²) < 4.78 is 30.2. The molecule has 1 amide bonds. The van der Waals surface area contributed by atoms with Crippen LogP contribution in [0, 0.1) is 29.1 Å². The Balaban J connectivity index is 2.04. The van der Waals surface area contributed by atoms with Gasteiger partial charge in [0.1, 0.15) is 10.2 Å². The van der Waals surface area contributed by atoms with E-state index in [2.05, 4.69) is 18.8 Å². The van der Waals surface area contributed by atoms with Crippen molar-refractivity contribution in [2.24, 2.45) is 17.3 Å². The van der Waals surface area contributed by atoms with Gasteiger partial charge in [-0.25, -0.2) is 4.79 Å². The van der Waals surface area contributed by atoms with E-state index in [9.17, 15) is 14.2 Å². The predicted octanol–water partition coefficient (Wildman–Crippen LogP) is 7.32. The summed E-state index contributed by atoms with van der Waals surface area (Å²) in [6.45, 7) is 12.2. The lowest BCUT2D eigenvalue weighted by atomic mass is 9.81. The van der Waals surface area contributed by atoms with Gasteiger partial charge in [0, 0.05) is 31.1 Å². The zero-order chi connectivity index (χ0) is 29.0. The molecular formula is C30H46NO6PS. The Morgan fingerprint density at radius 3 is 2.26 bits per heavy atom. The smallest absolute Gasteiger partial charge is 0.350 e. The Labute approximate surface area is 238 Å². The van der Waals surface area contributed by atoms with Crippen molar-refractivity contribution in [2.45, 2.75) is 97.4 Å². The molecular weight excluding hydrogens is 533 g/mol. The standard InChI is InChI=1S/C30H46NO6PS/c1-9-37-38(8,34)30(36-7)18-14-23(15-19-30)31(27(32)22-12-10-21(2)11-13-22)25-20-24(16-17-29(3,4)5)39-26(25)28(33)35-6/h20-23H,9-15,18-19H2,1-8H3. The Bertz CT molecular complexity index is 1130. The number of esters is 1. The van der Waals surface area contributed by atoms with Crippen molar-refractivity contribution in [2.75, 3.05) is 32.4 Å². The van der Waals surface area contributed by atoms with Crippen LogP contribution in [0.25, 0.3) is 0 Å². The van der Waals surface area contributed by atoms with Crippen LogP contribution in [-0.2, 0) is 23.4 Å². The van der Waals surface area contributed by atoms with Gasteiger partial charge in [-0.2, -0.15) is 0 Å². The van der Waals surface area contributed by atoms with Gasteiger partial charge in [-0.3, -0.25) is 9.36 Å². The average Bonchev–Trinajstić information content (AvgIpc) is 3.31. The molecule has 0 N–H and O–H groups in total. The number of nitrogens with zero attached hydrogens (tertiary/aromatic N) is 1. The van der Waals surface area contributed by atoms with E-state index in [1.54, 1.807) is 13.8 Å². The maximum absolute atomic E-state index is 14.3. The highest BCUT2D eigenvalue weighted by atomic mass is 32.1. The molecule has 0 aliphatic heterocycles. The number of carbonyl (C=O) groups excluding carboxylic acids is 2. The molecule has 1 aromatic rings. The van der Waals surface area contributed by atoms with Crippen molar-refractivity contribution >= 4 is 36.3 Å². The lowest BCUT2D eigenvalue weighted by Gasteiger charge is -2.45. The lowest BCUT2D eigenvalue weighted by molar-refractivity contribution is -0.124. The molecule has 2 saturated carbocycles. The maximum Gasteiger partial charge on any atom is 0.350 e. The molecule has 0 radical (unpaired) electrons. The van der Waals surface area contributed by atoms with Gasteiger partial charge in [0.25, 0.3) is 0 Å². The van der Waals surface area contributed by atoms with E-state index in [-0.39, 0.29) is 23.3 Å². The first-order chi connectivity index (χ1) is 18.3. The molecule has 1 atom stereocenters. The molecule has 3 rings (SSSR count). The number of hydrogen-bond acceptors (Lipinski definition) is 7. The van der Waals surface area contributed by atoms with Crippen LogP contribution in [0.15, 0.2) is 6.07 Å². The lowest BCUT2D eigenvalue weighted by Crippen LogP contribution is -2.49. The monoisotopic (exact) mass is 579 g/mol. The number of rotatable bonds is 8. The van der Waals surface area contributed by atoms with Crippen LogP contribution in [0.3, 0.4) is 0 Å². The zero-order valence-corrected chi connectivity index (χ0v) is 26.6. The zero-order valence-electron chi connectivity index (χ0n) is 24.9. The van der Waals surface area contributed by atoms with Crippen LogP contribution in [0.5, 0.6) is 0 Å². The van der Waals surface area contributed by atoms with Gasteiger partial charge in [-0.05, 0) is 91.0 Å². The molecule has 2 aliphatic carbocycles. The van der Waals surface area contributed by atoms with Crippen molar-refractivity contribution in [1.29, 1.82) is 0 Å². The molecule has 39 heavy (non-hydrogen) atoms. The van der Waals surface area contributed by atoms with E-state index in [0.29, 0.717) is 48.8 Å². The average molecular weight is 580 g/mol. The van der Waals surface area contributed by atoms with Crippen LogP contribution in [-0.4, -0.2) is 50.8 Å². The first kappa shape index (κ1) is 31.9. The Kier molecular flexibility index (Phi) is 10.5. The minimum Gasteiger partial charge on any atom is -0.465 e. The first-order valence-corrected chi connectivity index (χ1v) is 17.0. The summed E-state index contributed by atoms with van der Waals surface area (Å²) in [6, 6.07) is 1.71. The van der Waals surface area contributed by atoms with E-state index in [1.165, 1.54) is 18.4 Å². The van der Waals surface area contributed by atoms with Crippen molar-refractivity contribution in [3.05, 3.63) is 15.8 Å². The first-order valence-electron chi connectivity index (χ1n) is 14.1. The van der Waals surface area contributed by atoms with E-state index >= 15 is 0 Å². The van der Waals surface area contributed by atoms with E-state index in [1.807, 2.05) is 38.7 Å². The summed E-state index contributed by atoms with van der Waals surface area (Å²) in [7, 11) is -0.0961. The fourth-order valence-electron chi connectivity index (χ4n) is 5.76. The molecule has 0 aromatic carbocycles. The van der Waals surface area contributed by atoms with E-state index in [0.717, 1.165) is 30.6 Å². The van der Waals surface area contributed by atoms with Crippen molar-refractivity contribution in [3.8, 4) is 11.8 Å². The highest BCUT2D eigenvalue weighted by Crippen LogP contribution is 2.62. The summed E-state index contributed by atoms with van der Waals surface area (Å²) in [4.78, 5) is 30.2. The van der Waals surface area contributed by atoms with Crippen LogP contribution in [0.4, 0.5) is 5.69 Å². The summed E-state index contributed by atoms with van der Waals surface area (Å²) in [5, 5.41) is -0.877. The van der Waals surface area contributed by atoms with Crippen LogP contribution in [0.2, 0.25) is 0 Å². The number of ether oxygens (including phenoxy) is 2. The SMILES string of the molecule is CCOP(C)(=O)C1(OC)CCC(N(C(=O)C2CCC(C)CC2)c2cc(C#CC(C)(C)C)sc2C(=O)OC)CC1. The summed E-state index contributed by atoms with van der Waals surface area (Å²) in [5.41, 5.74) is 0.374. The van der Waals surface area contributed by atoms with Crippen molar-refractivity contribution in [3.63, 3.8) is 0 Å². The number of carbonyl (C=O) groups is 2. The third kappa shape index (κ3) is 7.36. The highest BCUT2D eigenvalue weighted by Gasteiger charge is 2.50. The van der Waals surface area contributed by atoms with E-state index < -0.39 is 18.7 Å². The molecule has 1 aromatic heterocycles. The maximum atomic E-state index is 14.3. The topological polar surface area (TPSA) is 82.1 Å². The molecule has 1 unspecified atom stereocenters. The molecule has 0 bridgehead atoms. The fraction of sp³-hybridized carbons (Fsp3) is 0.733.